The van der Waals surface area contributed by atoms with Gasteiger partial charge in [0.25, 0.3) is 5.91 Å². The second-order valence-electron chi connectivity index (χ2n) is 17.2. The highest BCUT2D eigenvalue weighted by Crippen LogP contribution is 2.46. The number of nitrogens with zero attached hydrogens (tertiary/aromatic N) is 4. The summed E-state index contributed by atoms with van der Waals surface area (Å²) in [5.41, 5.74) is 0.468. The molecule has 0 unspecified atom stereocenters. The van der Waals surface area contributed by atoms with Crippen LogP contribution in [0, 0.1) is 18.7 Å². The smallest absolute Gasteiger partial charge is 0.408 e. The number of sulfonamides is 1. The Balaban J connectivity index is 1.06. The summed E-state index contributed by atoms with van der Waals surface area (Å²) in [6.07, 6.45) is 9.58. The third-order valence-corrected chi connectivity index (χ3v) is 14.5. The molecule has 9 rings (SSSR count). The molecule has 1 saturated heterocycles. The van der Waals surface area contributed by atoms with Crippen LogP contribution in [0.1, 0.15) is 89.0 Å². The molecule has 2 aromatic carbocycles. The van der Waals surface area contributed by atoms with E-state index in [0.29, 0.717) is 59.9 Å². The van der Waals surface area contributed by atoms with Crippen LogP contribution in [0.4, 0.5) is 9.18 Å². The van der Waals surface area contributed by atoms with Crippen LogP contribution in [0.3, 0.4) is 0 Å². The van der Waals surface area contributed by atoms with Gasteiger partial charge in [0.15, 0.2) is 5.65 Å². The Morgan fingerprint density at radius 2 is 1.75 bits per heavy atom. The molecule has 15 nitrogen and oxygen atoms in total. The number of aromatic nitrogens is 3. The van der Waals surface area contributed by atoms with E-state index in [9.17, 15) is 27.6 Å². The zero-order valence-corrected chi connectivity index (χ0v) is 34.8. The van der Waals surface area contributed by atoms with E-state index in [1.165, 1.54) is 9.42 Å². The summed E-state index contributed by atoms with van der Waals surface area (Å²) in [6, 6.07) is 11.8. The van der Waals surface area contributed by atoms with Crippen LogP contribution in [0.25, 0.3) is 27.8 Å². The summed E-state index contributed by atoms with van der Waals surface area (Å²) in [6.45, 7) is 1.57. The number of carbonyl (C=O) groups excluding carboxylic acids is 4. The van der Waals surface area contributed by atoms with Crippen molar-refractivity contribution in [3.8, 4) is 17.1 Å². The fourth-order valence-corrected chi connectivity index (χ4v) is 10.4. The number of aryl methyl sites for hydroxylation is 1. The Hall–Kier alpha value is -5.58. The van der Waals surface area contributed by atoms with Crippen LogP contribution in [0.2, 0.25) is 0 Å². The molecule has 5 aliphatic rings. The summed E-state index contributed by atoms with van der Waals surface area (Å²) in [4.78, 5) is 62.7. The molecule has 3 aliphatic carbocycles. The van der Waals surface area contributed by atoms with E-state index in [0.717, 1.165) is 38.5 Å². The number of carbonyl (C=O) groups is 4. The fourth-order valence-electron chi connectivity index (χ4n) is 9.02. The first-order valence-electron chi connectivity index (χ1n) is 21.4. The highest BCUT2D eigenvalue weighted by molar-refractivity contribution is 7.91. The van der Waals surface area contributed by atoms with Gasteiger partial charge in [-0.25, -0.2) is 22.6 Å². The Bertz CT molecular complexity index is 2540. The molecule has 0 spiro atoms. The fraction of sp³-hybridized carbons (Fsp3) is 0.500. The van der Waals surface area contributed by atoms with Gasteiger partial charge < -0.3 is 25.0 Å². The minimum absolute atomic E-state index is 0.0336. The van der Waals surface area contributed by atoms with Gasteiger partial charge in [-0.15, -0.1) is 0 Å². The number of hydrogen-bond donors (Lipinski definition) is 3. The van der Waals surface area contributed by atoms with Crippen molar-refractivity contribution in [3.63, 3.8) is 0 Å². The normalized spacial score (nSPS) is 26.8. The summed E-state index contributed by atoms with van der Waals surface area (Å²) in [7, 11) is -3.93. The number of alkyl carbamates (subject to hydrolysis) is 1. The summed E-state index contributed by atoms with van der Waals surface area (Å²) < 4.78 is 57.7. The van der Waals surface area contributed by atoms with E-state index in [1.807, 2.05) is 36.4 Å². The second kappa shape index (κ2) is 16.4. The molecule has 4 fully saturated rings. The zero-order valence-electron chi connectivity index (χ0n) is 34.0. The summed E-state index contributed by atoms with van der Waals surface area (Å²) in [5.74, 6) is -2.70. The number of nitrogens with one attached hydrogen (secondary N) is 3. The van der Waals surface area contributed by atoms with Crippen molar-refractivity contribution in [2.24, 2.45) is 5.92 Å². The highest BCUT2D eigenvalue weighted by Gasteiger charge is 2.62. The number of amides is 4. The Morgan fingerprint density at radius 3 is 2.56 bits per heavy atom. The maximum atomic E-state index is 15.6. The van der Waals surface area contributed by atoms with Crippen molar-refractivity contribution in [2.45, 2.75) is 125 Å². The van der Waals surface area contributed by atoms with Crippen LogP contribution in [-0.4, -0.2) is 93.4 Å². The van der Waals surface area contributed by atoms with Gasteiger partial charge >= 0.3 is 6.09 Å². The molecule has 3 N–H and O–H groups in total. The number of benzene rings is 2. The first-order valence-corrected chi connectivity index (χ1v) is 23.0. The average molecular weight is 856 g/mol. The van der Waals surface area contributed by atoms with Gasteiger partial charge in [0.2, 0.25) is 27.7 Å². The largest absolute Gasteiger partial charge is 0.472 e. The first kappa shape index (κ1) is 40.8. The van der Waals surface area contributed by atoms with E-state index in [4.69, 9.17) is 19.6 Å². The quantitative estimate of drug-likeness (QED) is 0.194. The number of allylic oxidation sites excluding steroid dienone is 1. The first-order chi connectivity index (χ1) is 29.4. The molecule has 2 aromatic heterocycles. The molecular weight excluding hydrogens is 806 g/mol. The zero-order chi connectivity index (χ0) is 42.5. The van der Waals surface area contributed by atoms with E-state index in [2.05, 4.69) is 15.4 Å². The van der Waals surface area contributed by atoms with Crippen molar-refractivity contribution in [3.05, 3.63) is 72.1 Å². The van der Waals surface area contributed by atoms with Gasteiger partial charge in [-0.05, 0) is 94.9 Å². The molecule has 0 bridgehead atoms. The van der Waals surface area contributed by atoms with Crippen molar-refractivity contribution >= 4 is 50.4 Å². The van der Waals surface area contributed by atoms with Crippen molar-refractivity contribution in [2.75, 3.05) is 6.54 Å². The van der Waals surface area contributed by atoms with Crippen molar-refractivity contribution in [1.82, 2.24) is 34.9 Å². The Labute approximate surface area is 352 Å². The Kier molecular flexibility index (Phi) is 10.9. The second-order valence-corrected chi connectivity index (χ2v) is 19.1. The molecular formula is C44H50FN7O8S. The topological polar surface area (TPSA) is 190 Å². The lowest BCUT2D eigenvalue weighted by atomic mass is 10.0. The molecule has 4 aromatic rings. The third kappa shape index (κ3) is 8.28. The summed E-state index contributed by atoms with van der Waals surface area (Å²) >= 11 is 0. The lowest BCUT2D eigenvalue weighted by Gasteiger charge is -2.30. The van der Waals surface area contributed by atoms with E-state index >= 15 is 4.39 Å². The minimum Gasteiger partial charge on any atom is -0.472 e. The van der Waals surface area contributed by atoms with Gasteiger partial charge in [0.1, 0.15) is 35.6 Å². The van der Waals surface area contributed by atoms with Crippen LogP contribution in [-0.2, 0) is 29.1 Å². The standard InChI is InChI=1S/C44H50FN7O8S/c1-26-12-11-17-31(38(26)45)35-23-37(52-39(46-35)32-16-9-10-18-33(32)49-52)59-29-22-36-40(53)48-44(42(55)50-61(57,58)30-20-21-30)24-27(44)13-5-3-2-4-6-19-34(41(54)51(36)25-29)47-43(56)60-28-14-7-8-15-28/h5,9-13,16-18,23,27-30,34,36H,2-4,6-8,14-15,19-22,24-25H2,1H3,(H,47,56)(H,48,53)(H,50,55)/b13-5-/t27-,29-,34+,36+,44-/m1/s1. The monoisotopic (exact) mass is 855 g/mol. The maximum Gasteiger partial charge on any atom is 0.408 e. The highest BCUT2D eigenvalue weighted by atomic mass is 32.2. The number of fused-ring (bicyclic) bond motifs is 5. The molecule has 5 atom stereocenters. The van der Waals surface area contributed by atoms with Crippen LogP contribution in [0.5, 0.6) is 5.88 Å². The molecule has 17 heteroatoms. The van der Waals surface area contributed by atoms with E-state index < -0.39 is 74.5 Å². The number of ether oxygens (including phenoxy) is 2. The van der Waals surface area contributed by atoms with Gasteiger partial charge in [0.05, 0.1) is 23.0 Å². The van der Waals surface area contributed by atoms with Crippen LogP contribution >= 0.6 is 0 Å². The van der Waals surface area contributed by atoms with E-state index in [-0.39, 0.29) is 36.9 Å². The van der Waals surface area contributed by atoms with Gasteiger partial charge in [-0.2, -0.15) is 9.61 Å². The Morgan fingerprint density at radius 1 is 0.967 bits per heavy atom. The molecule has 0 radical (unpaired) electrons. The predicted molar refractivity (Wildman–Crippen MR) is 222 cm³/mol. The average Bonchev–Trinajstić information content (AvgIpc) is 4.05. The molecule has 4 amide bonds. The maximum absolute atomic E-state index is 15.6. The van der Waals surface area contributed by atoms with Gasteiger partial charge in [0, 0.05) is 29.4 Å². The van der Waals surface area contributed by atoms with Crippen LogP contribution < -0.4 is 20.1 Å². The number of hydrogen-bond acceptors (Lipinski definition) is 10. The SMILES string of the molecule is Cc1cccc(-c2cc(O[C@@H]3C[C@H]4C(=O)N[C@]5(C(=O)NS(=O)(=O)C6CC6)C[C@H]5/C=C\CCCCC[C@H](NC(=O)OC5CCCC5)C(=O)N4C3)n3nc4ccccc4c3n2)c1F. The minimum atomic E-state index is -3.93. The predicted octanol–water partition coefficient (Wildman–Crippen LogP) is 5.39. The molecule has 61 heavy (non-hydrogen) atoms. The van der Waals surface area contributed by atoms with Gasteiger partial charge in [-0.3, -0.25) is 19.1 Å². The van der Waals surface area contributed by atoms with E-state index in [1.54, 1.807) is 31.2 Å². The molecule has 4 heterocycles. The third-order valence-electron chi connectivity index (χ3n) is 12.7. The molecule has 322 valence electrons. The lowest BCUT2D eigenvalue weighted by molar-refractivity contribution is -0.141. The van der Waals surface area contributed by atoms with Crippen molar-refractivity contribution in [1.29, 1.82) is 0 Å². The van der Waals surface area contributed by atoms with Crippen LogP contribution in [0.15, 0.2) is 60.7 Å². The number of rotatable bonds is 8. The van der Waals surface area contributed by atoms with Gasteiger partial charge in [-0.1, -0.05) is 49.3 Å². The number of halogens is 1. The van der Waals surface area contributed by atoms with Crippen molar-refractivity contribution < 1.29 is 41.5 Å². The summed E-state index contributed by atoms with van der Waals surface area (Å²) in [5, 5.41) is 10.5. The molecule has 3 saturated carbocycles. The lowest BCUT2D eigenvalue weighted by Crippen LogP contribution is -2.58. The molecule has 2 aliphatic heterocycles.